The van der Waals surface area contributed by atoms with Crippen molar-refractivity contribution >= 4 is 27.2 Å². The predicted octanol–water partition coefficient (Wildman–Crippen LogP) is 4.73. The van der Waals surface area contributed by atoms with Gasteiger partial charge < -0.3 is 10.2 Å². The minimum atomic E-state index is -4.53. The summed E-state index contributed by atoms with van der Waals surface area (Å²) >= 11 is 1.22. The van der Waals surface area contributed by atoms with Crippen LogP contribution in [0.4, 0.5) is 27.6 Å². The van der Waals surface area contributed by atoms with Gasteiger partial charge in [-0.15, -0.1) is 11.3 Å². The Balaban J connectivity index is 1.49. The van der Waals surface area contributed by atoms with E-state index in [1.807, 2.05) is 0 Å². The number of fused-ring (bicyclic) bond motifs is 2. The Hall–Kier alpha value is -3.58. The molecule has 7 nitrogen and oxygen atoms in total. The number of hydrogen-bond acceptors (Lipinski definition) is 6. The van der Waals surface area contributed by atoms with Crippen LogP contribution in [0.3, 0.4) is 0 Å². The van der Waals surface area contributed by atoms with Gasteiger partial charge in [-0.2, -0.15) is 13.2 Å². The molecule has 4 aromatic rings. The fourth-order valence-electron chi connectivity index (χ4n) is 5.84. The molecule has 13 heteroatoms. The SMILES string of the molecule is O=c1ccn(CC(F)F)c(=O)n1Cc1cc2nccc(-c3cc(C(F)(F)F)cc4c3N([C@@H]3CCNC3)CCC4)c2s1. The van der Waals surface area contributed by atoms with Gasteiger partial charge in [0.1, 0.15) is 0 Å². The van der Waals surface area contributed by atoms with E-state index in [0.29, 0.717) is 38.2 Å². The standard InChI is InChI=1S/C28H26F5N5O2S/c29-23(30)15-36-9-5-24(39)38(27(36)40)14-19-12-22-26(41-19)20(4-7-35-22)21-11-17(28(31,32)33)10-16-2-1-8-37(25(16)21)18-3-6-34-13-18/h4-5,7,9-12,18,23,34H,1-3,6,8,13-15H2/t18-/m1/s1. The summed E-state index contributed by atoms with van der Waals surface area (Å²) in [5.41, 5.74) is 0.806. The van der Waals surface area contributed by atoms with Gasteiger partial charge in [-0.25, -0.2) is 13.6 Å². The molecule has 2 aliphatic rings. The fourth-order valence-corrected chi connectivity index (χ4v) is 6.97. The van der Waals surface area contributed by atoms with Crippen LogP contribution in [-0.4, -0.2) is 46.2 Å². The normalized spacial score (nSPS) is 17.5. The Kier molecular flexibility index (Phi) is 7.18. The number of aromatic nitrogens is 3. The molecule has 0 saturated carbocycles. The second-order valence-corrected chi connectivity index (χ2v) is 11.5. The van der Waals surface area contributed by atoms with Crippen LogP contribution < -0.4 is 21.5 Å². The van der Waals surface area contributed by atoms with Gasteiger partial charge in [-0.1, -0.05) is 0 Å². The van der Waals surface area contributed by atoms with Gasteiger partial charge in [0.05, 0.1) is 28.9 Å². The van der Waals surface area contributed by atoms with Crippen LogP contribution in [-0.2, 0) is 25.7 Å². The van der Waals surface area contributed by atoms with E-state index in [0.717, 1.165) is 59.6 Å². The molecule has 5 heterocycles. The van der Waals surface area contributed by atoms with E-state index in [1.165, 1.54) is 29.7 Å². The molecule has 6 rings (SSSR count). The van der Waals surface area contributed by atoms with Crippen molar-refractivity contribution in [3.8, 4) is 11.1 Å². The van der Waals surface area contributed by atoms with Gasteiger partial charge in [-0.05, 0) is 55.6 Å². The van der Waals surface area contributed by atoms with Crippen LogP contribution >= 0.6 is 11.3 Å². The van der Waals surface area contributed by atoms with Gasteiger partial charge in [0, 0.05) is 59.3 Å². The largest absolute Gasteiger partial charge is 0.416 e. The van der Waals surface area contributed by atoms with E-state index in [1.54, 1.807) is 12.1 Å². The van der Waals surface area contributed by atoms with E-state index >= 15 is 0 Å². The van der Waals surface area contributed by atoms with Crippen LogP contribution in [0.2, 0.25) is 0 Å². The van der Waals surface area contributed by atoms with Crippen LogP contribution in [0, 0.1) is 0 Å². The highest BCUT2D eigenvalue weighted by Gasteiger charge is 2.36. The quantitative estimate of drug-likeness (QED) is 0.329. The first kappa shape index (κ1) is 27.6. The average molecular weight is 592 g/mol. The molecular formula is C28H26F5N5O2S. The fraction of sp³-hybridized carbons (Fsp3) is 0.393. The summed E-state index contributed by atoms with van der Waals surface area (Å²) in [5.74, 6) is 0. The highest BCUT2D eigenvalue weighted by Crippen LogP contribution is 2.46. The molecule has 0 aliphatic carbocycles. The number of nitrogens with one attached hydrogen (secondary N) is 1. The molecule has 1 N–H and O–H groups in total. The number of alkyl halides is 5. The zero-order valence-electron chi connectivity index (χ0n) is 21.8. The van der Waals surface area contributed by atoms with Gasteiger partial charge >= 0.3 is 11.9 Å². The molecule has 41 heavy (non-hydrogen) atoms. The second kappa shape index (κ2) is 10.7. The number of benzene rings is 1. The molecule has 3 aromatic heterocycles. The lowest BCUT2D eigenvalue weighted by atomic mass is 9.90. The Morgan fingerprint density at radius 3 is 2.68 bits per heavy atom. The summed E-state index contributed by atoms with van der Waals surface area (Å²) in [7, 11) is 0. The van der Waals surface area contributed by atoms with Crippen LogP contribution in [0.5, 0.6) is 0 Å². The molecule has 1 atom stereocenters. The van der Waals surface area contributed by atoms with E-state index in [9.17, 15) is 31.5 Å². The van der Waals surface area contributed by atoms with Gasteiger partial charge in [0.2, 0.25) is 0 Å². The van der Waals surface area contributed by atoms with Crippen molar-refractivity contribution in [3.63, 3.8) is 0 Å². The smallest absolute Gasteiger partial charge is 0.366 e. The summed E-state index contributed by atoms with van der Waals surface area (Å²) in [4.78, 5) is 32.4. The van der Waals surface area contributed by atoms with Crippen molar-refractivity contribution < 1.29 is 22.0 Å². The number of rotatable bonds is 6. The number of pyridine rings is 1. The monoisotopic (exact) mass is 591 g/mol. The molecule has 216 valence electrons. The highest BCUT2D eigenvalue weighted by atomic mass is 32.1. The molecule has 1 saturated heterocycles. The number of nitrogens with zero attached hydrogens (tertiary/aromatic N) is 4. The third-order valence-electron chi connectivity index (χ3n) is 7.67. The van der Waals surface area contributed by atoms with Crippen LogP contribution in [0.25, 0.3) is 21.3 Å². The zero-order chi connectivity index (χ0) is 28.9. The molecule has 0 bridgehead atoms. The zero-order valence-corrected chi connectivity index (χ0v) is 22.6. The van der Waals surface area contributed by atoms with Crippen molar-refractivity contribution in [2.75, 3.05) is 24.5 Å². The van der Waals surface area contributed by atoms with E-state index in [-0.39, 0.29) is 12.6 Å². The molecule has 0 radical (unpaired) electrons. The van der Waals surface area contributed by atoms with Crippen molar-refractivity contribution in [1.29, 1.82) is 0 Å². The molecule has 0 unspecified atom stereocenters. The maximum atomic E-state index is 14.1. The van der Waals surface area contributed by atoms with Crippen molar-refractivity contribution in [3.05, 3.63) is 79.6 Å². The number of hydrogen-bond donors (Lipinski definition) is 1. The lowest BCUT2D eigenvalue weighted by Crippen LogP contribution is -2.40. The summed E-state index contributed by atoms with van der Waals surface area (Å²) in [6, 6.07) is 7.07. The maximum absolute atomic E-state index is 14.1. The Bertz CT molecular complexity index is 1720. The summed E-state index contributed by atoms with van der Waals surface area (Å²) < 4.78 is 70.3. The third-order valence-corrected chi connectivity index (χ3v) is 8.81. The van der Waals surface area contributed by atoms with Crippen molar-refractivity contribution in [1.82, 2.24) is 19.4 Å². The van der Waals surface area contributed by atoms with Gasteiger partial charge in [0.25, 0.3) is 12.0 Å². The minimum absolute atomic E-state index is 0.168. The Morgan fingerprint density at radius 1 is 1.12 bits per heavy atom. The summed E-state index contributed by atoms with van der Waals surface area (Å²) in [6.07, 6.45) is -2.53. The number of aryl methyl sites for hydroxylation is 1. The number of halogens is 5. The van der Waals surface area contributed by atoms with Crippen LogP contribution in [0.1, 0.15) is 28.8 Å². The van der Waals surface area contributed by atoms with Crippen molar-refractivity contribution in [2.24, 2.45) is 0 Å². The first-order valence-electron chi connectivity index (χ1n) is 13.3. The predicted molar refractivity (Wildman–Crippen MR) is 147 cm³/mol. The van der Waals surface area contributed by atoms with E-state index in [2.05, 4.69) is 15.2 Å². The molecule has 0 amide bonds. The van der Waals surface area contributed by atoms with Gasteiger partial charge in [0.15, 0.2) is 0 Å². The van der Waals surface area contributed by atoms with Crippen molar-refractivity contribution in [2.45, 2.75) is 51.0 Å². The molecule has 0 spiro atoms. The van der Waals surface area contributed by atoms with Gasteiger partial charge in [-0.3, -0.25) is 18.9 Å². The molecule has 2 aliphatic heterocycles. The number of anilines is 1. The maximum Gasteiger partial charge on any atom is 0.416 e. The first-order valence-corrected chi connectivity index (χ1v) is 14.1. The topological polar surface area (TPSA) is 72.2 Å². The number of thiophene rings is 1. The average Bonchev–Trinajstić information content (AvgIpc) is 3.61. The summed E-state index contributed by atoms with van der Waals surface area (Å²) in [5, 5.41) is 3.35. The molecular weight excluding hydrogens is 565 g/mol. The lowest BCUT2D eigenvalue weighted by Gasteiger charge is -2.38. The third kappa shape index (κ3) is 5.28. The Labute approximate surface area is 234 Å². The molecule has 1 aromatic carbocycles. The van der Waals surface area contributed by atoms with Crippen LogP contribution in [0.15, 0.2) is 52.3 Å². The van der Waals surface area contributed by atoms with E-state index in [4.69, 9.17) is 0 Å². The summed E-state index contributed by atoms with van der Waals surface area (Å²) in [6.45, 7) is 1.32. The highest BCUT2D eigenvalue weighted by molar-refractivity contribution is 7.19. The first-order chi connectivity index (χ1) is 19.6. The van der Waals surface area contributed by atoms with E-state index < -0.39 is 36.0 Å². The Morgan fingerprint density at radius 2 is 1.95 bits per heavy atom. The molecule has 1 fully saturated rings. The second-order valence-electron chi connectivity index (χ2n) is 10.3. The lowest BCUT2D eigenvalue weighted by molar-refractivity contribution is -0.137. The minimum Gasteiger partial charge on any atom is -0.366 e.